The summed E-state index contributed by atoms with van der Waals surface area (Å²) in [6, 6.07) is 20.6. The van der Waals surface area contributed by atoms with Crippen LogP contribution in [-0.2, 0) is 4.79 Å². The molecule has 0 aliphatic heterocycles. The molecule has 35 heavy (non-hydrogen) atoms. The number of ether oxygens (including phenoxy) is 1. The Morgan fingerprint density at radius 1 is 0.914 bits per heavy atom. The van der Waals surface area contributed by atoms with E-state index in [-0.39, 0.29) is 29.8 Å². The smallest absolute Gasteiger partial charge is 0.262 e. The molecule has 1 N–H and O–H groups in total. The normalized spacial score (nSPS) is 11.3. The molecule has 0 aliphatic rings. The van der Waals surface area contributed by atoms with Crippen LogP contribution in [0.2, 0.25) is 0 Å². The second-order valence-electron chi connectivity index (χ2n) is 9.34. The molecule has 0 aliphatic carbocycles. The topological polar surface area (TPSA) is 68.5 Å². The summed E-state index contributed by atoms with van der Waals surface area (Å²) in [7, 11) is 0. The van der Waals surface area contributed by atoms with Crippen molar-refractivity contribution >= 4 is 22.6 Å². The summed E-state index contributed by atoms with van der Waals surface area (Å²) in [5.74, 6) is 1.31. The van der Waals surface area contributed by atoms with Gasteiger partial charge in [-0.3, -0.25) is 9.59 Å². The maximum absolute atomic E-state index is 13.1. The lowest BCUT2D eigenvalue weighted by Gasteiger charge is -2.20. The van der Waals surface area contributed by atoms with E-state index >= 15 is 0 Å². The van der Waals surface area contributed by atoms with Gasteiger partial charge in [-0.1, -0.05) is 76.2 Å². The number of hydrogen-bond acceptors (Lipinski definition) is 4. The van der Waals surface area contributed by atoms with Crippen molar-refractivity contribution in [1.82, 2.24) is 0 Å². The zero-order valence-corrected chi connectivity index (χ0v) is 20.8. The van der Waals surface area contributed by atoms with Crippen LogP contribution in [0.4, 0.5) is 5.69 Å². The predicted octanol–water partition coefficient (Wildman–Crippen LogP) is 7.03. The molecule has 0 saturated carbocycles. The van der Waals surface area contributed by atoms with Crippen LogP contribution < -0.4 is 15.5 Å². The minimum Gasteiger partial charge on any atom is -0.484 e. The van der Waals surface area contributed by atoms with Gasteiger partial charge in [-0.15, -0.1) is 0 Å². The zero-order valence-electron chi connectivity index (χ0n) is 20.8. The highest BCUT2D eigenvalue weighted by molar-refractivity contribution is 5.94. The highest BCUT2D eigenvalue weighted by Crippen LogP contribution is 2.32. The van der Waals surface area contributed by atoms with Crippen molar-refractivity contribution in [3.8, 4) is 16.9 Å². The summed E-state index contributed by atoms with van der Waals surface area (Å²) in [6.45, 7) is 10.1. The highest BCUT2D eigenvalue weighted by Gasteiger charge is 2.17. The van der Waals surface area contributed by atoms with Crippen molar-refractivity contribution in [2.75, 3.05) is 11.9 Å². The number of rotatable bonds is 7. The zero-order chi connectivity index (χ0) is 25.1. The third kappa shape index (κ3) is 5.14. The fourth-order valence-corrected chi connectivity index (χ4v) is 4.33. The van der Waals surface area contributed by atoms with E-state index in [4.69, 9.17) is 9.15 Å². The lowest BCUT2D eigenvalue weighted by atomic mass is 9.92. The monoisotopic (exact) mass is 469 g/mol. The summed E-state index contributed by atoms with van der Waals surface area (Å²) in [5.41, 5.74) is 4.77. The molecule has 0 spiro atoms. The summed E-state index contributed by atoms with van der Waals surface area (Å²) in [4.78, 5) is 25.9. The molecule has 5 nitrogen and oxygen atoms in total. The lowest BCUT2D eigenvalue weighted by Crippen LogP contribution is -2.22. The minimum absolute atomic E-state index is 0.0919. The number of amides is 1. The van der Waals surface area contributed by atoms with Gasteiger partial charge in [0.2, 0.25) is 5.43 Å². The van der Waals surface area contributed by atoms with E-state index in [1.54, 1.807) is 25.1 Å². The third-order valence-corrected chi connectivity index (χ3v) is 6.11. The molecule has 5 heteroatoms. The first-order valence-electron chi connectivity index (χ1n) is 11.9. The number of para-hydroxylation sites is 1. The first-order chi connectivity index (χ1) is 16.8. The van der Waals surface area contributed by atoms with Crippen molar-refractivity contribution < 1.29 is 13.9 Å². The van der Waals surface area contributed by atoms with Crippen molar-refractivity contribution in [1.29, 1.82) is 0 Å². The predicted molar refractivity (Wildman–Crippen MR) is 141 cm³/mol. The van der Waals surface area contributed by atoms with E-state index in [1.165, 1.54) is 0 Å². The van der Waals surface area contributed by atoms with E-state index in [2.05, 4.69) is 33.0 Å². The van der Waals surface area contributed by atoms with E-state index in [0.717, 1.165) is 22.4 Å². The molecule has 0 saturated heterocycles. The Kier molecular flexibility index (Phi) is 7.06. The summed E-state index contributed by atoms with van der Waals surface area (Å²) in [6.07, 6.45) is 0. The van der Waals surface area contributed by atoms with Crippen LogP contribution in [0.15, 0.2) is 75.9 Å². The van der Waals surface area contributed by atoms with Gasteiger partial charge < -0.3 is 14.5 Å². The molecule has 4 rings (SSSR count). The van der Waals surface area contributed by atoms with E-state index in [1.807, 2.05) is 48.5 Å². The molecule has 0 bridgehead atoms. The first-order valence-corrected chi connectivity index (χ1v) is 11.9. The van der Waals surface area contributed by atoms with Gasteiger partial charge in [-0.2, -0.15) is 0 Å². The average molecular weight is 470 g/mol. The van der Waals surface area contributed by atoms with Crippen molar-refractivity contribution in [3.05, 3.63) is 93.8 Å². The van der Waals surface area contributed by atoms with Crippen LogP contribution in [0.3, 0.4) is 0 Å². The lowest BCUT2D eigenvalue weighted by molar-refractivity contribution is -0.118. The van der Waals surface area contributed by atoms with Crippen molar-refractivity contribution in [2.45, 2.75) is 46.5 Å². The van der Waals surface area contributed by atoms with E-state index in [9.17, 15) is 9.59 Å². The Bertz CT molecular complexity index is 1390. The second-order valence-corrected chi connectivity index (χ2v) is 9.34. The number of aryl methyl sites for hydroxylation is 1. The standard InChI is InChI=1S/C30H31NO4/c1-18(2)23-12-9-13-24(19(3)4)29(23)31-27(32)17-34-22-14-15-25-26(16-22)35-20(5)28(30(25)33)21-10-7-6-8-11-21/h6-16,18-19H,17H2,1-5H3,(H,31,32). The summed E-state index contributed by atoms with van der Waals surface area (Å²) >= 11 is 0. The van der Waals surface area contributed by atoms with Gasteiger partial charge in [-0.25, -0.2) is 0 Å². The van der Waals surface area contributed by atoms with Crippen LogP contribution in [-0.4, -0.2) is 12.5 Å². The Morgan fingerprint density at radius 2 is 1.57 bits per heavy atom. The van der Waals surface area contributed by atoms with Crippen LogP contribution in [0.5, 0.6) is 5.75 Å². The molecule has 3 aromatic carbocycles. The van der Waals surface area contributed by atoms with E-state index in [0.29, 0.717) is 28.0 Å². The average Bonchev–Trinajstić information content (AvgIpc) is 2.83. The SMILES string of the molecule is Cc1oc2cc(OCC(=O)Nc3c(C(C)C)cccc3C(C)C)ccc2c(=O)c1-c1ccccc1. The highest BCUT2D eigenvalue weighted by atomic mass is 16.5. The van der Waals surface area contributed by atoms with Gasteiger partial charge in [0.25, 0.3) is 5.91 Å². The van der Waals surface area contributed by atoms with Crippen molar-refractivity contribution in [2.24, 2.45) is 0 Å². The molecule has 1 aromatic heterocycles. The molecule has 0 fully saturated rings. The van der Waals surface area contributed by atoms with Gasteiger partial charge in [0.05, 0.1) is 10.9 Å². The van der Waals surface area contributed by atoms with Crippen molar-refractivity contribution in [3.63, 3.8) is 0 Å². The number of carbonyl (C=O) groups is 1. The summed E-state index contributed by atoms with van der Waals surface area (Å²) in [5, 5.41) is 3.53. The van der Waals surface area contributed by atoms with Gasteiger partial charge in [0.1, 0.15) is 17.1 Å². The fourth-order valence-electron chi connectivity index (χ4n) is 4.33. The molecule has 0 radical (unpaired) electrons. The maximum Gasteiger partial charge on any atom is 0.262 e. The van der Waals surface area contributed by atoms with E-state index < -0.39 is 0 Å². The number of carbonyl (C=O) groups excluding carboxylic acids is 1. The molecule has 0 unspecified atom stereocenters. The Hall–Kier alpha value is -3.86. The van der Waals surface area contributed by atoms with Gasteiger partial charge >= 0.3 is 0 Å². The molecule has 4 aromatic rings. The number of fused-ring (bicyclic) bond motifs is 1. The Labute approximate surface area is 205 Å². The molecular formula is C30H31NO4. The number of nitrogens with one attached hydrogen (secondary N) is 1. The van der Waals surface area contributed by atoms with Gasteiger partial charge in [0, 0.05) is 11.8 Å². The fraction of sp³-hybridized carbons (Fsp3) is 0.267. The quantitative estimate of drug-likeness (QED) is 0.315. The maximum atomic E-state index is 13.1. The Morgan fingerprint density at radius 3 is 2.20 bits per heavy atom. The van der Waals surface area contributed by atoms with Crippen LogP contribution in [0.25, 0.3) is 22.1 Å². The van der Waals surface area contributed by atoms with Crippen LogP contribution in [0, 0.1) is 6.92 Å². The second kappa shape index (κ2) is 10.2. The number of benzene rings is 3. The molecule has 1 amide bonds. The minimum atomic E-state index is -0.239. The third-order valence-electron chi connectivity index (χ3n) is 6.11. The van der Waals surface area contributed by atoms with Gasteiger partial charge in [-0.05, 0) is 47.6 Å². The molecule has 0 atom stereocenters. The number of hydrogen-bond donors (Lipinski definition) is 1. The van der Waals surface area contributed by atoms with Gasteiger partial charge in [0.15, 0.2) is 6.61 Å². The summed E-state index contributed by atoms with van der Waals surface area (Å²) < 4.78 is 11.7. The molecular weight excluding hydrogens is 438 g/mol. The molecule has 1 heterocycles. The first kappa shape index (κ1) is 24.3. The Balaban J connectivity index is 1.55. The van der Waals surface area contributed by atoms with Crippen LogP contribution >= 0.6 is 0 Å². The number of anilines is 1. The van der Waals surface area contributed by atoms with Crippen LogP contribution in [0.1, 0.15) is 56.4 Å². The molecule has 180 valence electrons. The largest absolute Gasteiger partial charge is 0.484 e.